The minimum Gasteiger partial charge on any atom is -0.508 e. The Balaban J connectivity index is 1.99. The van der Waals surface area contributed by atoms with Crippen LogP contribution in [0.15, 0.2) is 33.5 Å². The molecule has 1 aromatic carbocycles. The van der Waals surface area contributed by atoms with Crippen LogP contribution in [0.4, 0.5) is 0 Å². The molecule has 100 valence electrons. The first-order chi connectivity index (χ1) is 9.13. The fraction of sp³-hybridized carbons (Fsp3) is 0.357. The van der Waals surface area contributed by atoms with E-state index in [1.807, 2.05) is 7.05 Å². The molecule has 0 amide bonds. The Bertz CT molecular complexity index is 661. The number of phenols is 1. The Labute approximate surface area is 110 Å². The lowest BCUT2D eigenvalue weighted by Crippen LogP contribution is -2.55. The van der Waals surface area contributed by atoms with Gasteiger partial charge in [-0.05, 0) is 24.7 Å². The maximum absolute atomic E-state index is 11.6. The van der Waals surface area contributed by atoms with Crippen molar-refractivity contribution in [1.29, 1.82) is 0 Å². The number of nitrogens with one attached hydrogen (secondary N) is 1. The summed E-state index contributed by atoms with van der Waals surface area (Å²) in [7, 11) is 2.05. The van der Waals surface area contributed by atoms with Gasteiger partial charge >= 0.3 is 5.63 Å². The fourth-order valence-corrected chi connectivity index (χ4v) is 2.33. The highest BCUT2D eigenvalue weighted by Gasteiger charge is 2.22. The highest BCUT2D eigenvalue weighted by Crippen LogP contribution is 2.23. The smallest absolute Gasteiger partial charge is 0.336 e. The molecule has 3 rings (SSSR count). The van der Waals surface area contributed by atoms with Crippen LogP contribution in [0.1, 0.15) is 5.56 Å². The van der Waals surface area contributed by atoms with Crippen molar-refractivity contribution in [1.82, 2.24) is 10.2 Å². The molecule has 0 aliphatic carbocycles. The van der Waals surface area contributed by atoms with Crippen LogP contribution in [-0.4, -0.2) is 36.2 Å². The zero-order valence-corrected chi connectivity index (χ0v) is 10.7. The maximum Gasteiger partial charge on any atom is 0.336 e. The van der Waals surface area contributed by atoms with Gasteiger partial charge in [0.1, 0.15) is 11.3 Å². The molecule has 5 heteroatoms. The summed E-state index contributed by atoms with van der Waals surface area (Å²) in [6, 6.07) is 6.92. The highest BCUT2D eigenvalue weighted by atomic mass is 16.4. The second-order valence-electron chi connectivity index (χ2n) is 5.00. The Morgan fingerprint density at radius 1 is 1.42 bits per heavy atom. The SMILES string of the molecule is CN(Cc1cc(=O)oc2cc(O)ccc12)C1CNC1. The van der Waals surface area contributed by atoms with Gasteiger partial charge in [0, 0.05) is 43.2 Å². The minimum atomic E-state index is -0.381. The van der Waals surface area contributed by atoms with Gasteiger partial charge in [-0.1, -0.05) is 0 Å². The Morgan fingerprint density at radius 2 is 2.21 bits per heavy atom. The van der Waals surface area contributed by atoms with Crippen LogP contribution in [0.2, 0.25) is 0 Å². The Morgan fingerprint density at radius 3 is 2.89 bits per heavy atom. The quantitative estimate of drug-likeness (QED) is 0.803. The fourth-order valence-electron chi connectivity index (χ4n) is 2.33. The number of benzene rings is 1. The van der Waals surface area contributed by atoms with Gasteiger partial charge < -0.3 is 14.8 Å². The van der Waals surface area contributed by atoms with Crippen LogP contribution in [0.5, 0.6) is 5.75 Å². The third kappa shape index (κ3) is 2.34. The molecule has 0 spiro atoms. The molecule has 2 aromatic rings. The molecule has 0 atom stereocenters. The van der Waals surface area contributed by atoms with E-state index in [-0.39, 0.29) is 11.4 Å². The van der Waals surface area contributed by atoms with Crippen LogP contribution in [0.3, 0.4) is 0 Å². The summed E-state index contributed by atoms with van der Waals surface area (Å²) >= 11 is 0. The van der Waals surface area contributed by atoms with Crippen molar-refractivity contribution in [2.24, 2.45) is 0 Å². The second-order valence-corrected chi connectivity index (χ2v) is 5.00. The van der Waals surface area contributed by atoms with E-state index in [2.05, 4.69) is 10.2 Å². The van der Waals surface area contributed by atoms with E-state index < -0.39 is 0 Å². The minimum absolute atomic E-state index is 0.101. The predicted octanol–water partition coefficient (Wildman–Crippen LogP) is 0.902. The number of rotatable bonds is 3. The molecule has 5 nitrogen and oxygen atoms in total. The van der Waals surface area contributed by atoms with Gasteiger partial charge in [0.15, 0.2) is 0 Å². The maximum atomic E-state index is 11.6. The van der Waals surface area contributed by atoms with Crippen molar-refractivity contribution in [3.63, 3.8) is 0 Å². The molecule has 0 unspecified atom stereocenters. The van der Waals surface area contributed by atoms with E-state index in [9.17, 15) is 9.90 Å². The van der Waals surface area contributed by atoms with E-state index >= 15 is 0 Å². The lowest BCUT2D eigenvalue weighted by Gasteiger charge is -2.35. The van der Waals surface area contributed by atoms with E-state index in [1.165, 1.54) is 12.1 Å². The average Bonchev–Trinajstić information content (AvgIpc) is 2.25. The van der Waals surface area contributed by atoms with Crippen molar-refractivity contribution in [2.45, 2.75) is 12.6 Å². The number of likely N-dealkylation sites (N-methyl/N-ethyl adjacent to an activating group) is 1. The van der Waals surface area contributed by atoms with Crippen LogP contribution in [0, 0.1) is 0 Å². The molecule has 1 aliphatic rings. The molecule has 1 aliphatic heterocycles. The summed E-state index contributed by atoms with van der Waals surface area (Å²) in [5.74, 6) is 0.101. The molecular weight excluding hydrogens is 244 g/mol. The number of fused-ring (bicyclic) bond motifs is 1. The molecule has 2 N–H and O–H groups in total. The van der Waals surface area contributed by atoms with E-state index in [1.54, 1.807) is 12.1 Å². The third-order valence-electron chi connectivity index (χ3n) is 3.62. The van der Waals surface area contributed by atoms with Gasteiger partial charge in [-0.3, -0.25) is 4.90 Å². The first kappa shape index (κ1) is 12.2. The summed E-state index contributed by atoms with van der Waals surface area (Å²) in [6.07, 6.45) is 0. The third-order valence-corrected chi connectivity index (χ3v) is 3.62. The topological polar surface area (TPSA) is 65.7 Å². The summed E-state index contributed by atoms with van der Waals surface area (Å²) in [5, 5.41) is 13.5. The molecule has 1 aromatic heterocycles. The van der Waals surface area contributed by atoms with Crippen molar-refractivity contribution in [3.8, 4) is 5.75 Å². The average molecular weight is 260 g/mol. The summed E-state index contributed by atoms with van der Waals surface area (Å²) in [5.41, 5.74) is 0.983. The van der Waals surface area contributed by atoms with Crippen molar-refractivity contribution >= 4 is 11.0 Å². The molecule has 2 heterocycles. The van der Waals surface area contributed by atoms with Crippen molar-refractivity contribution in [2.75, 3.05) is 20.1 Å². The standard InChI is InChI=1S/C14H16N2O3/c1-16(10-6-15-7-10)8-9-4-14(18)19-13-5-11(17)2-3-12(9)13/h2-5,10,15,17H,6-8H2,1H3. The Hall–Kier alpha value is -1.85. The van der Waals surface area contributed by atoms with Crippen LogP contribution < -0.4 is 10.9 Å². The zero-order chi connectivity index (χ0) is 13.4. The molecule has 0 bridgehead atoms. The Kier molecular flexibility index (Phi) is 3.00. The largest absolute Gasteiger partial charge is 0.508 e. The monoisotopic (exact) mass is 260 g/mol. The van der Waals surface area contributed by atoms with Crippen molar-refractivity contribution in [3.05, 3.63) is 40.2 Å². The number of phenolic OH excluding ortho intramolecular Hbond substituents is 1. The van der Waals surface area contributed by atoms with Gasteiger partial charge in [-0.2, -0.15) is 0 Å². The number of hydrogen-bond donors (Lipinski definition) is 2. The number of aromatic hydroxyl groups is 1. The molecular formula is C14H16N2O3. The molecule has 1 saturated heterocycles. The van der Waals surface area contributed by atoms with Gasteiger partial charge in [0.25, 0.3) is 0 Å². The van der Waals surface area contributed by atoms with Gasteiger partial charge in [0.2, 0.25) is 0 Å². The lowest BCUT2D eigenvalue weighted by atomic mass is 10.1. The normalized spacial score (nSPS) is 15.9. The lowest BCUT2D eigenvalue weighted by molar-refractivity contribution is 0.173. The van der Waals surface area contributed by atoms with Gasteiger partial charge in [-0.15, -0.1) is 0 Å². The van der Waals surface area contributed by atoms with Crippen LogP contribution in [0.25, 0.3) is 11.0 Å². The molecule has 0 radical (unpaired) electrons. The molecule has 19 heavy (non-hydrogen) atoms. The predicted molar refractivity (Wildman–Crippen MR) is 72.3 cm³/mol. The van der Waals surface area contributed by atoms with E-state index in [4.69, 9.17) is 4.42 Å². The zero-order valence-electron chi connectivity index (χ0n) is 10.7. The summed E-state index contributed by atoms with van der Waals surface area (Å²) < 4.78 is 5.12. The second kappa shape index (κ2) is 4.68. The number of nitrogens with zero attached hydrogens (tertiary/aromatic N) is 1. The van der Waals surface area contributed by atoms with E-state index in [0.29, 0.717) is 18.2 Å². The highest BCUT2D eigenvalue weighted by molar-refractivity contribution is 5.81. The summed E-state index contributed by atoms with van der Waals surface area (Å²) in [4.78, 5) is 13.8. The van der Waals surface area contributed by atoms with Crippen molar-refractivity contribution < 1.29 is 9.52 Å². The number of hydrogen-bond acceptors (Lipinski definition) is 5. The van der Waals surface area contributed by atoms with E-state index in [0.717, 1.165) is 24.0 Å². The van der Waals surface area contributed by atoms with Gasteiger partial charge in [-0.25, -0.2) is 4.79 Å². The molecule has 0 saturated carbocycles. The first-order valence-corrected chi connectivity index (χ1v) is 6.30. The van der Waals surface area contributed by atoms with Crippen LogP contribution >= 0.6 is 0 Å². The summed E-state index contributed by atoms with van der Waals surface area (Å²) in [6.45, 7) is 2.66. The molecule has 1 fully saturated rings. The van der Waals surface area contributed by atoms with Gasteiger partial charge in [0.05, 0.1) is 0 Å². The first-order valence-electron chi connectivity index (χ1n) is 6.30. The van der Waals surface area contributed by atoms with Crippen LogP contribution in [-0.2, 0) is 6.54 Å².